The molecule has 0 bridgehead atoms. The van der Waals surface area contributed by atoms with Crippen LogP contribution in [0.2, 0.25) is 0 Å². The van der Waals surface area contributed by atoms with Crippen molar-refractivity contribution < 1.29 is 4.74 Å². The molecular formula is C25H19OP. The molecule has 0 atom stereocenters. The van der Waals surface area contributed by atoms with Crippen molar-refractivity contribution in [1.29, 1.82) is 0 Å². The fourth-order valence-corrected chi connectivity index (χ4v) is 6.07. The van der Waals surface area contributed by atoms with Gasteiger partial charge in [0, 0.05) is 11.7 Å². The normalized spacial score (nSPS) is 12.2. The van der Waals surface area contributed by atoms with Crippen LogP contribution < -0.4 is 20.7 Å². The molecule has 0 N–H and O–H groups in total. The van der Waals surface area contributed by atoms with E-state index in [0.29, 0.717) is 0 Å². The maximum atomic E-state index is 6.45. The van der Waals surface area contributed by atoms with Crippen LogP contribution in [-0.4, -0.2) is 0 Å². The molecular weight excluding hydrogens is 347 g/mol. The van der Waals surface area contributed by atoms with Gasteiger partial charge in [-0.2, -0.15) is 0 Å². The molecule has 5 rings (SSSR count). The number of benzene rings is 4. The standard InChI is InChI=1S/C25H19OP/c1-3-12-21(13-4-1)27(22-14-5-2-6-15-22)24-17-9-11-20-18-19-10-7-8-16-23(19)26-25(20)24/h1-17H,18H2. The minimum atomic E-state index is -0.675. The van der Waals surface area contributed by atoms with Crippen LogP contribution in [0.5, 0.6) is 11.5 Å². The van der Waals surface area contributed by atoms with E-state index in [1.807, 2.05) is 6.07 Å². The van der Waals surface area contributed by atoms with Crippen molar-refractivity contribution >= 4 is 23.8 Å². The lowest BCUT2D eigenvalue weighted by molar-refractivity contribution is 0.464. The molecule has 0 saturated carbocycles. The molecule has 0 aliphatic carbocycles. The lowest BCUT2D eigenvalue weighted by Gasteiger charge is -2.27. The molecule has 0 radical (unpaired) electrons. The van der Waals surface area contributed by atoms with Gasteiger partial charge in [0.25, 0.3) is 0 Å². The largest absolute Gasteiger partial charge is 0.456 e. The summed E-state index contributed by atoms with van der Waals surface area (Å²) in [4.78, 5) is 0. The van der Waals surface area contributed by atoms with Gasteiger partial charge in [0.1, 0.15) is 11.5 Å². The minimum Gasteiger partial charge on any atom is -0.456 e. The van der Waals surface area contributed by atoms with E-state index >= 15 is 0 Å². The van der Waals surface area contributed by atoms with Gasteiger partial charge in [-0.15, -0.1) is 0 Å². The van der Waals surface area contributed by atoms with Crippen molar-refractivity contribution in [3.8, 4) is 11.5 Å². The van der Waals surface area contributed by atoms with Gasteiger partial charge in [0.2, 0.25) is 0 Å². The Morgan fingerprint density at radius 2 is 1.15 bits per heavy atom. The van der Waals surface area contributed by atoms with E-state index in [1.54, 1.807) is 0 Å². The van der Waals surface area contributed by atoms with Gasteiger partial charge >= 0.3 is 0 Å². The van der Waals surface area contributed by atoms with E-state index < -0.39 is 7.92 Å². The third kappa shape index (κ3) is 3.05. The van der Waals surface area contributed by atoms with Crippen LogP contribution in [0, 0.1) is 0 Å². The third-order valence-corrected chi connectivity index (χ3v) is 7.37. The molecule has 1 nitrogen and oxygen atoms in total. The highest BCUT2D eigenvalue weighted by molar-refractivity contribution is 7.80. The zero-order chi connectivity index (χ0) is 18.1. The lowest BCUT2D eigenvalue weighted by Crippen LogP contribution is -2.23. The summed E-state index contributed by atoms with van der Waals surface area (Å²) in [5, 5.41) is 3.97. The molecule has 2 heteroatoms. The smallest absolute Gasteiger partial charge is 0.139 e. The van der Waals surface area contributed by atoms with E-state index in [2.05, 4.69) is 97.1 Å². The molecule has 0 spiro atoms. The van der Waals surface area contributed by atoms with Crippen molar-refractivity contribution in [3.05, 3.63) is 114 Å². The number of hydrogen-bond donors (Lipinski definition) is 0. The highest BCUT2D eigenvalue weighted by Crippen LogP contribution is 2.42. The summed E-state index contributed by atoms with van der Waals surface area (Å²) in [6, 6.07) is 36.5. The van der Waals surface area contributed by atoms with E-state index in [9.17, 15) is 0 Å². The third-order valence-electron chi connectivity index (χ3n) is 4.91. The van der Waals surface area contributed by atoms with E-state index in [1.165, 1.54) is 27.0 Å². The summed E-state index contributed by atoms with van der Waals surface area (Å²) >= 11 is 0. The Morgan fingerprint density at radius 1 is 0.556 bits per heavy atom. The molecule has 130 valence electrons. The monoisotopic (exact) mass is 366 g/mol. The van der Waals surface area contributed by atoms with E-state index in [-0.39, 0.29) is 0 Å². The molecule has 1 aliphatic heterocycles. The zero-order valence-corrected chi connectivity index (χ0v) is 15.8. The second-order valence-corrected chi connectivity index (χ2v) is 8.84. The molecule has 0 amide bonds. The summed E-state index contributed by atoms with van der Waals surface area (Å²) in [6.45, 7) is 0. The van der Waals surface area contributed by atoms with Crippen molar-refractivity contribution in [2.45, 2.75) is 6.42 Å². The fourth-order valence-electron chi connectivity index (χ4n) is 3.65. The minimum absolute atomic E-state index is 0.675. The first-order valence-corrected chi connectivity index (χ1v) is 10.5. The van der Waals surface area contributed by atoms with Gasteiger partial charge < -0.3 is 4.74 Å². The lowest BCUT2D eigenvalue weighted by atomic mass is 10.0. The number of fused-ring (bicyclic) bond motifs is 2. The van der Waals surface area contributed by atoms with Crippen LogP contribution >= 0.6 is 7.92 Å². The maximum absolute atomic E-state index is 6.45. The first kappa shape index (κ1) is 16.3. The molecule has 0 aromatic heterocycles. The SMILES string of the molecule is c1ccc(P(c2ccccc2)c2cccc3c2Oc2ccccc2C3)cc1. The van der Waals surface area contributed by atoms with Crippen LogP contribution in [0.25, 0.3) is 0 Å². The molecule has 27 heavy (non-hydrogen) atoms. The van der Waals surface area contributed by atoms with Crippen LogP contribution in [-0.2, 0) is 6.42 Å². The van der Waals surface area contributed by atoms with Crippen molar-refractivity contribution in [3.63, 3.8) is 0 Å². The molecule has 0 fully saturated rings. The summed E-state index contributed by atoms with van der Waals surface area (Å²) in [5.74, 6) is 2.02. The first-order valence-electron chi connectivity index (χ1n) is 9.18. The number of para-hydroxylation sites is 2. The Hall–Kier alpha value is -2.89. The maximum Gasteiger partial charge on any atom is 0.139 e. The summed E-state index contributed by atoms with van der Waals surface area (Å²) in [5.41, 5.74) is 2.52. The van der Waals surface area contributed by atoms with Gasteiger partial charge in [0.05, 0.1) is 0 Å². The Bertz CT molecular complexity index is 1030. The van der Waals surface area contributed by atoms with Gasteiger partial charge in [0.15, 0.2) is 0 Å². The van der Waals surface area contributed by atoms with Crippen molar-refractivity contribution in [2.75, 3.05) is 0 Å². The topological polar surface area (TPSA) is 9.23 Å². The molecule has 1 heterocycles. The average molecular weight is 366 g/mol. The Morgan fingerprint density at radius 3 is 1.85 bits per heavy atom. The van der Waals surface area contributed by atoms with Crippen molar-refractivity contribution in [1.82, 2.24) is 0 Å². The summed E-state index contributed by atoms with van der Waals surface area (Å²) in [6.07, 6.45) is 0.923. The number of rotatable bonds is 3. The van der Waals surface area contributed by atoms with Crippen LogP contribution in [0.4, 0.5) is 0 Å². The first-order chi connectivity index (χ1) is 13.4. The number of hydrogen-bond acceptors (Lipinski definition) is 1. The summed E-state index contributed by atoms with van der Waals surface area (Å²) < 4.78 is 6.45. The summed E-state index contributed by atoms with van der Waals surface area (Å²) in [7, 11) is -0.675. The van der Waals surface area contributed by atoms with E-state index in [0.717, 1.165) is 17.9 Å². The Balaban J connectivity index is 1.69. The van der Waals surface area contributed by atoms with Gasteiger partial charge in [-0.25, -0.2) is 0 Å². The zero-order valence-electron chi connectivity index (χ0n) is 14.9. The predicted molar refractivity (Wildman–Crippen MR) is 114 cm³/mol. The molecule has 4 aromatic rings. The molecule has 0 unspecified atom stereocenters. The average Bonchev–Trinajstić information content (AvgIpc) is 2.74. The van der Waals surface area contributed by atoms with Crippen molar-refractivity contribution in [2.24, 2.45) is 0 Å². The highest BCUT2D eigenvalue weighted by atomic mass is 31.1. The fraction of sp³-hybridized carbons (Fsp3) is 0.0400. The van der Waals surface area contributed by atoms with E-state index in [4.69, 9.17) is 4.74 Å². The Labute approximate surface area is 161 Å². The predicted octanol–water partition coefficient (Wildman–Crippen LogP) is 5.14. The molecule has 4 aromatic carbocycles. The number of ether oxygens (including phenoxy) is 1. The Kier molecular flexibility index (Phi) is 4.24. The second-order valence-electron chi connectivity index (χ2n) is 6.66. The van der Waals surface area contributed by atoms with Gasteiger partial charge in [-0.1, -0.05) is 97.1 Å². The molecule has 1 aliphatic rings. The second kappa shape index (κ2) is 7.02. The van der Waals surface area contributed by atoms with Crippen LogP contribution in [0.1, 0.15) is 11.1 Å². The van der Waals surface area contributed by atoms with Crippen LogP contribution in [0.3, 0.4) is 0 Å². The van der Waals surface area contributed by atoms with Crippen LogP contribution in [0.15, 0.2) is 103 Å². The molecule has 0 saturated heterocycles. The quantitative estimate of drug-likeness (QED) is 0.402. The highest BCUT2D eigenvalue weighted by Gasteiger charge is 2.25. The van der Waals surface area contributed by atoms with Gasteiger partial charge in [-0.05, 0) is 35.7 Å². The van der Waals surface area contributed by atoms with Gasteiger partial charge in [-0.3, -0.25) is 0 Å².